The quantitative estimate of drug-likeness (QED) is 0.710. The highest BCUT2D eigenvalue weighted by Gasteiger charge is 1.96. The van der Waals surface area contributed by atoms with Crippen molar-refractivity contribution in [2.75, 3.05) is 0 Å². The van der Waals surface area contributed by atoms with Crippen molar-refractivity contribution >= 4 is 40.5 Å². The van der Waals surface area contributed by atoms with E-state index in [4.69, 9.17) is 0 Å². The van der Waals surface area contributed by atoms with Gasteiger partial charge in [-0.3, -0.25) is 4.57 Å². The summed E-state index contributed by atoms with van der Waals surface area (Å²) in [6.45, 7) is 0. The zero-order valence-electron chi connectivity index (χ0n) is 6.70. The van der Waals surface area contributed by atoms with Gasteiger partial charge in [0.25, 0.3) is 0 Å². The van der Waals surface area contributed by atoms with E-state index < -0.39 is 0 Å². The summed E-state index contributed by atoms with van der Waals surface area (Å²) in [6, 6.07) is 11.8. The van der Waals surface area contributed by atoms with E-state index in [1.165, 1.54) is 0 Å². The van der Waals surface area contributed by atoms with Crippen LogP contribution in [0.4, 0.5) is 0 Å². The molecule has 2 rings (SSSR count). The highest BCUT2D eigenvalue weighted by Crippen LogP contribution is 2.19. The van der Waals surface area contributed by atoms with E-state index in [1.54, 1.807) is 0 Å². The third-order valence-corrected chi connectivity index (χ3v) is 2.87. The molecule has 0 bridgehead atoms. The molecule has 3 heteroatoms. The van der Waals surface area contributed by atoms with E-state index in [0.717, 1.165) is 20.5 Å². The van der Waals surface area contributed by atoms with Crippen LogP contribution in [0, 0.1) is 0 Å². The molecule has 0 radical (unpaired) electrons. The Bertz CT molecular complexity index is 467. The number of hydrogen-bond acceptors (Lipinski definition) is 1. The second-order valence-corrected chi connectivity index (χ2v) is 4.38. The number of rotatable bonds is 1. The third-order valence-electron chi connectivity index (χ3n) is 1.89. The summed E-state index contributed by atoms with van der Waals surface area (Å²) in [5, 5.41) is 3.08. The highest BCUT2D eigenvalue weighted by molar-refractivity contribution is 9.10. The van der Waals surface area contributed by atoms with Crippen LogP contribution in [0.15, 0.2) is 40.9 Å². The number of halogens is 1. The Kier molecular flexibility index (Phi) is 2.43. The van der Waals surface area contributed by atoms with Gasteiger partial charge in [0.15, 0.2) is 8.46 Å². The number of benzene rings is 2. The summed E-state index contributed by atoms with van der Waals surface area (Å²) >= 11 is 3.40. The fourth-order valence-electron chi connectivity index (χ4n) is 1.26. The van der Waals surface area contributed by atoms with E-state index in [2.05, 4.69) is 15.9 Å². The average Bonchev–Trinajstić information content (AvgIpc) is 2.17. The van der Waals surface area contributed by atoms with Gasteiger partial charge >= 0.3 is 0 Å². The largest absolute Gasteiger partial charge is 0.269 e. The normalized spacial score (nSPS) is 10.8. The van der Waals surface area contributed by atoms with Crippen molar-refractivity contribution in [3.8, 4) is 0 Å². The standard InChI is InChI=1S/C10H6BrOP/c11-9-3-1-8-6-10(13-12)4-2-7(8)5-9/h1-6H. The first kappa shape index (κ1) is 8.86. The van der Waals surface area contributed by atoms with Crippen LogP contribution in [-0.2, 0) is 4.57 Å². The number of fused-ring (bicyclic) bond motifs is 1. The van der Waals surface area contributed by atoms with Crippen LogP contribution >= 0.6 is 24.4 Å². The smallest absolute Gasteiger partial charge is 0.192 e. The van der Waals surface area contributed by atoms with Gasteiger partial charge in [0, 0.05) is 9.78 Å². The van der Waals surface area contributed by atoms with Crippen LogP contribution in [0.2, 0.25) is 0 Å². The summed E-state index contributed by atoms with van der Waals surface area (Å²) in [4.78, 5) is 0. The van der Waals surface area contributed by atoms with Crippen LogP contribution in [0.3, 0.4) is 0 Å². The summed E-state index contributed by atoms with van der Waals surface area (Å²) in [6.07, 6.45) is 0. The van der Waals surface area contributed by atoms with Gasteiger partial charge in [0.05, 0.1) is 0 Å². The molecule has 0 spiro atoms. The summed E-state index contributed by atoms with van der Waals surface area (Å²) in [5.41, 5.74) is 0. The van der Waals surface area contributed by atoms with E-state index in [1.807, 2.05) is 36.4 Å². The molecule has 0 aliphatic heterocycles. The van der Waals surface area contributed by atoms with Crippen molar-refractivity contribution in [2.24, 2.45) is 0 Å². The minimum Gasteiger partial charge on any atom is -0.269 e. The van der Waals surface area contributed by atoms with Crippen LogP contribution in [0.1, 0.15) is 0 Å². The SMILES string of the molecule is O=Pc1ccc2cc(Br)ccc2c1. The van der Waals surface area contributed by atoms with E-state index in [0.29, 0.717) is 0 Å². The molecule has 1 nitrogen and oxygen atoms in total. The summed E-state index contributed by atoms with van der Waals surface area (Å²) in [7, 11) is 0.0775. The molecule has 0 amide bonds. The molecular weight excluding hydrogens is 247 g/mol. The second kappa shape index (κ2) is 3.57. The Balaban J connectivity index is 2.73. The van der Waals surface area contributed by atoms with Crippen LogP contribution < -0.4 is 5.30 Å². The first-order valence-corrected chi connectivity index (χ1v) is 5.43. The predicted octanol–water partition coefficient (Wildman–Crippen LogP) is 3.52. The molecule has 0 N–H and O–H groups in total. The summed E-state index contributed by atoms with van der Waals surface area (Å²) < 4.78 is 11.7. The van der Waals surface area contributed by atoms with E-state index in [-0.39, 0.29) is 8.46 Å². The van der Waals surface area contributed by atoms with E-state index in [9.17, 15) is 4.57 Å². The molecule has 0 unspecified atom stereocenters. The van der Waals surface area contributed by atoms with Crippen molar-refractivity contribution in [3.05, 3.63) is 40.9 Å². The van der Waals surface area contributed by atoms with Crippen LogP contribution in [-0.4, -0.2) is 0 Å². The van der Waals surface area contributed by atoms with Gasteiger partial charge < -0.3 is 0 Å². The molecule has 13 heavy (non-hydrogen) atoms. The second-order valence-electron chi connectivity index (χ2n) is 2.77. The molecule has 0 saturated heterocycles. The minimum absolute atomic E-state index is 0.0775. The average molecular weight is 253 g/mol. The first-order valence-electron chi connectivity index (χ1n) is 3.82. The lowest BCUT2D eigenvalue weighted by Crippen LogP contribution is -1.88. The Hall–Kier alpha value is -0.720. The fraction of sp³-hybridized carbons (Fsp3) is 0. The van der Waals surface area contributed by atoms with Gasteiger partial charge in [-0.2, -0.15) is 0 Å². The third kappa shape index (κ3) is 1.79. The molecule has 2 aromatic carbocycles. The maximum Gasteiger partial charge on any atom is 0.192 e. The van der Waals surface area contributed by atoms with Gasteiger partial charge in [0.2, 0.25) is 0 Å². The monoisotopic (exact) mass is 252 g/mol. The molecule has 64 valence electrons. The molecule has 0 aliphatic rings. The Morgan fingerprint density at radius 1 is 1.00 bits per heavy atom. The molecule has 0 fully saturated rings. The minimum atomic E-state index is 0.0775. The maximum atomic E-state index is 10.6. The fourth-order valence-corrected chi connectivity index (χ4v) is 1.97. The first-order chi connectivity index (χ1) is 6.29. The lowest BCUT2D eigenvalue weighted by atomic mass is 10.1. The van der Waals surface area contributed by atoms with Gasteiger partial charge in [-0.25, -0.2) is 0 Å². The van der Waals surface area contributed by atoms with Crippen molar-refractivity contribution in [3.63, 3.8) is 0 Å². The zero-order valence-corrected chi connectivity index (χ0v) is 9.18. The molecule has 0 heterocycles. The lowest BCUT2D eigenvalue weighted by molar-refractivity contribution is 0.603. The van der Waals surface area contributed by atoms with Gasteiger partial charge in [-0.1, -0.05) is 28.1 Å². The Labute approximate surface area is 86.1 Å². The molecule has 0 aromatic heterocycles. The van der Waals surface area contributed by atoms with Crippen LogP contribution in [0.25, 0.3) is 10.8 Å². The molecule has 0 atom stereocenters. The van der Waals surface area contributed by atoms with Crippen molar-refractivity contribution < 1.29 is 4.57 Å². The summed E-state index contributed by atoms with van der Waals surface area (Å²) in [5.74, 6) is 0. The zero-order chi connectivity index (χ0) is 9.26. The van der Waals surface area contributed by atoms with Crippen molar-refractivity contribution in [1.29, 1.82) is 0 Å². The van der Waals surface area contributed by atoms with E-state index >= 15 is 0 Å². The Morgan fingerprint density at radius 3 is 2.46 bits per heavy atom. The lowest BCUT2D eigenvalue weighted by Gasteiger charge is -1.98. The number of hydrogen-bond donors (Lipinski definition) is 0. The molecule has 2 aromatic rings. The topological polar surface area (TPSA) is 17.1 Å². The maximum absolute atomic E-state index is 10.6. The van der Waals surface area contributed by atoms with Gasteiger partial charge in [0.1, 0.15) is 0 Å². The Morgan fingerprint density at radius 2 is 1.69 bits per heavy atom. The van der Waals surface area contributed by atoms with Crippen molar-refractivity contribution in [1.82, 2.24) is 0 Å². The predicted molar refractivity (Wildman–Crippen MR) is 58.9 cm³/mol. The molecular formula is C10H6BrOP. The van der Waals surface area contributed by atoms with Gasteiger partial charge in [-0.15, -0.1) is 0 Å². The highest BCUT2D eigenvalue weighted by atomic mass is 79.9. The molecule has 0 aliphatic carbocycles. The van der Waals surface area contributed by atoms with Crippen molar-refractivity contribution in [2.45, 2.75) is 0 Å². The van der Waals surface area contributed by atoms with Crippen LogP contribution in [0.5, 0.6) is 0 Å². The molecule has 0 saturated carbocycles. The van der Waals surface area contributed by atoms with Gasteiger partial charge in [-0.05, 0) is 35.0 Å².